The number of carbonyl (C=O) groups excluding carboxylic acids is 1. The van der Waals surface area contributed by atoms with Gasteiger partial charge in [0.1, 0.15) is 0 Å². The first-order valence-electron chi connectivity index (χ1n) is 6.24. The highest BCUT2D eigenvalue weighted by molar-refractivity contribution is 9.10. The number of aldehydes is 1. The molecule has 0 aliphatic heterocycles. The van der Waals surface area contributed by atoms with Gasteiger partial charge in [-0.1, -0.05) is 15.9 Å². The highest BCUT2D eigenvalue weighted by Crippen LogP contribution is 2.32. The topological polar surface area (TPSA) is 42.1 Å². The summed E-state index contributed by atoms with van der Waals surface area (Å²) in [7, 11) is 1.41. The smallest absolute Gasteiger partial charge is 0.165 e. The Morgan fingerprint density at radius 2 is 2.05 bits per heavy atom. The Bertz CT molecular complexity index is 842. The molecule has 2 aromatic carbocycles. The molecule has 3 aromatic rings. The minimum Gasteiger partial charge on any atom is -0.494 e. The summed E-state index contributed by atoms with van der Waals surface area (Å²) in [5.74, 6) is -0.294. The van der Waals surface area contributed by atoms with Crippen LogP contribution >= 0.6 is 15.9 Å². The lowest BCUT2D eigenvalue weighted by Crippen LogP contribution is -1.90. The van der Waals surface area contributed by atoms with Gasteiger partial charge in [-0.05, 0) is 36.4 Å². The molecule has 0 fully saturated rings. The van der Waals surface area contributed by atoms with Crippen LogP contribution in [0.4, 0.5) is 4.39 Å². The number of rotatable bonds is 3. The van der Waals surface area contributed by atoms with E-state index in [0.717, 1.165) is 21.7 Å². The van der Waals surface area contributed by atoms with E-state index >= 15 is 0 Å². The summed E-state index contributed by atoms with van der Waals surface area (Å²) >= 11 is 3.39. The molecular weight excluding hydrogens is 337 g/mol. The molecule has 0 aliphatic rings. The van der Waals surface area contributed by atoms with Gasteiger partial charge in [0.05, 0.1) is 12.8 Å². The van der Waals surface area contributed by atoms with Crippen molar-refractivity contribution >= 4 is 33.1 Å². The Hall–Kier alpha value is -2.14. The van der Waals surface area contributed by atoms with Crippen LogP contribution in [0.15, 0.2) is 40.9 Å². The van der Waals surface area contributed by atoms with E-state index < -0.39 is 5.82 Å². The first kappa shape index (κ1) is 13.8. The molecular formula is C16H11BrFNO2. The molecule has 0 aliphatic carbocycles. The fraction of sp³-hybridized carbons (Fsp3) is 0.0625. The van der Waals surface area contributed by atoms with Crippen molar-refractivity contribution in [2.75, 3.05) is 7.11 Å². The zero-order chi connectivity index (χ0) is 15.0. The fourth-order valence-electron chi connectivity index (χ4n) is 2.36. The second-order valence-corrected chi connectivity index (χ2v) is 5.49. The van der Waals surface area contributed by atoms with Crippen molar-refractivity contribution in [3.63, 3.8) is 0 Å². The molecule has 0 radical (unpaired) electrons. The average molecular weight is 348 g/mol. The van der Waals surface area contributed by atoms with E-state index in [4.69, 9.17) is 4.74 Å². The van der Waals surface area contributed by atoms with Crippen LogP contribution < -0.4 is 4.74 Å². The monoisotopic (exact) mass is 347 g/mol. The SMILES string of the molecule is COc1ccc(-c2[nH]c3ccc(Br)cc3c2C=O)cc1F. The van der Waals surface area contributed by atoms with Crippen LogP contribution in [0.2, 0.25) is 0 Å². The lowest BCUT2D eigenvalue weighted by Gasteiger charge is -2.04. The highest BCUT2D eigenvalue weighted by atomic mass is 79.9. The van der Waals surface area contributed by atoms with Gasteiger partial charge in [0.25, 0.3) is 0 Å². The van der Waals surface area contributed by atoms with Gasteiger partial charge in [-0.3, -0.25) is 4.79 Å². The van der Waals surface area contributed by atoms with E-state index in [1.807, 2.05) is 18.2 Å². The average Bonchev–Trinajstić information content (AvgIpc) is 2.84. The van der Waals surface area contributed by atoms with E-state index in [9.17, 15) is 9.18 Å². The maximum Gasteiger partial charge on any atom is 0.165 e. The second kappa shape index (κ2) is 5.33. The van der Waals surface area contributed by atoms with E-state index in [1.54, 1.807) is 12.1 Å². The number of ether oxygens (including phenoxy) is 1. The molecule has 0 saturated carbocycles. The summed E-state index contributed by atoms with van der Waals surface area (Å²) in [6.45, 7) is 0. The van der Waals surface area contributed by atoms with Crippen molar-refractivity contribution in [2.24, 2.45) is 0 Å². The van der Waals surface area contributed by atoms with Crippen LogP contribution in [-0.2, 0) is 0 Å². The van der Waals surface area contributed by atoms with Gasteiger partial charge in [-0.2, -0.15) is 0 Å². The Kier molecular flexibility index (Phi) is 3.51. The number of aromatic amines is 1. The van der Waals surface area contributed by atoms with Crippen molar-refractivity contribution in [2.45, 2.75) is 0 Å². The number of H-pyrrole nitrogens is 1. The number of hydrogen-bond acceptors (Lipinski definition) is 2. The van der Waals surface area contributed by atoms with E-state index in [-0.39, 0.29) is 5.75 Å². The quantitative estimate of drug-likeness (QED) is 0.705. The van der Waals surface area contributed by atoms with Crippen LogP contribution in [0.1, 0.15) is 10.4 Å². The first-order chi connectivity index (χ1) is 10.1. The number of carbonyl (C=O) groups is 1. The molecule has 0 atom stereocenters. The van der Waals surface area contributed by atoms with Gasteiger partial charge in [0.2, 0.25) is 0 Å². The zero-order valence-corrected chi connectivity index (χ0v) is 12.7. The third kappa shape index (κ3) is 2.34. The van der Waals surface area contributed by atoms with Crippen molar-refractivity contribution in [3.05, 3.63) is 52.3 Å². The number of benzene rings is 2. The molecule has 1 heterocycles. The highest BCUT2D eigenvalue weighted by Gasteiger charge is 2.14. The predicted molar refractivity (Wildman–Crippen MR) is 83.3 cm³/mol. The molecule has 106 valence electrons. The molecule has 3 nitrogen and oxygen atoms in total. The molecule has 1 aromatic heterocycles. The van der Waals surface area contributed by atoms with E-state index in [2.05, 4.69) is 20.9 Å². The van der Waals surface area contributed by atoms with Crippen LogP contribution in [0, 0.1) is 5.82 Å². The normalized spacial score (nSPS) is 10.8. The minimum absolute atomic E-state index is 0.172. The van der Waals surface area contributed by atoms with Crippen molar-refractivity contribution < 1.29 is 13.9 Å². The molecule has 0 unspecified atom stereocenters. The number of fused-ring (bicyclic) bond motifs is 1. The van der Waals surface area contributed by atoms with Gasteiger partial charge in [-0.25, -0.2) is 4.39 Å². The Balaban J connectivity index is 2.24. The molecule has 1 N–H and O–H groups in total. The van der Waals surface area contributed by atoms with Crippen LogP contribution in [-0.4, -0.2) is 18.4 Å². The van der Waals surface area contributed by atoms with Gasteiger partial charge in [0.15, 0.2) is 17.9 Å². The van der Waals surface area contributed by atoms with Crippen LogP contribution in [0.5, 0.6) is 5.75 Å². The number of aromatic nitrogens is 1. The number of hydrogen-bond donors (Lipinski definition) is 1. The summed E-state index contributed by atoms with van der Waals surface area (Å²) in [6.07, 6.45) is 0.780. The molecule has 0 amide bonds. The molecule has 21 heavy (non-hydrogen) atoms. The summed E-state index contributed by atoms with van der Waals surface area (Å²) < 4.78 is 19.6. The summed E-state index contributed by atoms with van der Waals surface area (Å²) in [5.41, 5.74) is 2.53. The standard InChI is InChI=1S/C16H11BrFNO2/c1-21-15-5-2-9(6-13(15)18)16-12(8-20)11-7-10(17)3-4-14(11)19-16/h2-8,19H,1H3. The van der Waals surface area contributed by atoms with Crippen molar-refractivity contribution in [1.82, 2.24) is 4.98 Å². The molecule has 0 bridgehead atoms. The summed E-state index contributed by atoms with van der Waals surface area (Å²) in [4.78, 5) is 14.6. The number of nitrogens with one attached hydrogen (secondary N) is 1. The zero-order valence-electron chi connectivity index (χ0n) is 11.1. The first-order valence-corrected chi connectivity index (χ1v) is 7.03. The van der Waals surface area contributed by atoms with Gasteiger partial charge < -0.3 is 9.72 Å². The third-order valence-electron chi connectivity index (χ3n) is 3.36. The van der Waals surface area contributed by atoms with E-state index in [0.29, 0.717) is 16.8 Å². The third-order valence-corrected chi connectivity index (χ3v) is 3.85. The van der Waals surface area contributed by atoms with Gasteiger partial charge in [0, 0.05) is 26.5 Å². The summed E-state index contributed by atoms with van der Waals surface area (Å²) in [5, 5.41) is 0.797. The largest absolute Gasteiger partial charge is 0.494 e. The van der Waals surface area contributed by atoms with E-state index in [1.165, 1.54) is 13.2 Å². The Morgan fingerprint density at radius 1 is 1.24 bits per heavy atom. The number of halogens is 2. The molecule has 3 rings (SSSR count). The fourth-order valence-corrected chi connectivity index (χ4v) is 2.72. The lowest BCUT2D eigenvalue weighted by atomic mass is 10.1. The Morgan fingerprint density at radius 3 is 2.71 bits per heavy atom. The number of methoxy groups -OCH3 is 1. The molecule has 5 heteroatoms. The summed E-state index contributed by atoms with van der Waals surface area (Å²) in [6, 6.07) is 10.2. The maximum absolute atomic E-state index is 13.9. The maximum atomic E-state index is 13.9. The second-order valence-electron chi connectivity index (χ2n) is 4.57. The minimum atomic E-state index is -0.466. The molecule has 0 spiro atoms. The van der Waals surface area contributed by atoms with Crippen molar-refractivity contribution in [3.8, 4) is 17.0 Å². The van der Waals surface area contributed by atoms with Crippen molar-refractivity contribution in [1.29, 1.82) is 0 Å². The lowest BCUT2D eigenvalue weighted by molar-refractivity contribution is 0.112. The van der Waals surface area contributed by atoms with Gasteiger partial charge in [-0.15, -0.1) is 0 Å². The predicted octanol–water partition coefficient (Wildman–Crippen LogP) is 4.56. The van der Waals surface area contributed by atoms with Crippen LogP contribution in [0.3, 0.4) is 0 Å². The Labute approximate surface area is 128 Å². The molecule has 0 saturated heterocycles. The van der Waals surface area contributed by atoms with Crippen LogP contribution in [0.25, 0.3) is 22.2 Å². The van der Waals surface area contributed by atoms with Gasteiger partial charge >= 0.3 is 0 Å².